The maximum Gasteiger partial charge on any atom is 0.194 e. The zero-order valence-electron chi connectivity index (χ0n) is 16.7. The van der Waals surface area contributed by atoms with Gasteiger partial charge in [-0.3, -0.25) is 4.99 Å². The van der Waals surface area contributed by atoms with Gasteiger partial charge in [-0.25, -0.2) is 0 Å². The molecule has 0 bridgehead atoms. The molecule has 1 heterocycles. The monoisotopic (exact) mass is 374 g/mol. The molecule has 0 amide bonds. The average molecular weight is 374 g/mol. The smallest absolute Gasteiger partial charge is 0.194 e. The van der Waals surface area contributed by atoms with Gasteiger partial charge in [-0.15, -0.1) is 10.2 Å². The number of hydrogen-bond acceptors (Lipinski definition) is 5. The van der Waals surface area contributed by atoms with Crippen molar-refractivity contribution in [2.24, 2.45) is 4.99 Å². The number of nitrogens with one attached hydrogen (secondary N) is 1. The molecule has 1 N–H and O–H groups in total. The quantitative estimate of drug-likeness (QED) is 0.386. The van der Waals surface area contributed by atoms with Gasteiger partial charge in [0, 0.05) is 45.8 Å². The maximum absolute atomic E-state index is 5.46. The Hall–Kier alpha value is -2.61. The van der Waals surface area contributed by atoms with Crippen LogP contribution in [0.3, 0.4) is 0 Å². The summed E-state index contributed by atoms with van der Waals surface area (Å²) in [5.74, 6) is 2.68. The lowest BCUT2D eigenvalue weighted by molar-refractivity contribution is 0.207. The van der Waals surface area contributed by atoms with Gasteiger partial charge in [0.15, 0.2) is 5.96 Å². The summed E-state index contributed by atoms with van der Waals surface area (Å²) >= 11 is 0. The zero-order chi connectivity index (χ0) is 19.5. The highest BCUT2D eigenvalue weighted by molar-refractivity contribution is 5.79. The van der Waals surface area contributed by atoms with Crippen molar-refractivity contribution in [2.75, 3.05) is 41.0 Å². The Bertz CT molecular complexity index is 716. The first-order valence-electron chi connectivity index (χ1n) is 9.16. The number of methoxy groups -OCH3 is 2. The molecule has 8 nitrogen and oxygen atoms in total. The Balaban J connectivity index is 2.00. The normalized spacial score (nSPS) is 11.5. The van der Waals surface area contributed by atoms with E-state index in [1.807, 2.05) is 25.2 Å². The topological polar surface area (TPSA) is 76.8 Å². The molecular weight excluding hydrogens is 344 g/mol. The van der Waals surface area contributed by atoms with Gasteiger partial charge in [-0.2, -0.15) is 0 Å². The molecule has 27 heavy (non-hydrogen) atoms. The highest BCUT2D eigenvalue weighted by Crippen LogP contribution is 2.18. The van der Waals surface area contributed by atoms with Crippen LogP contribution in [0.5, 0.6) is 5.75 Å². The van der Waals surface area contributed by atoms with E-state index in [4.69, 9.17) is 9.47 Å². The Labute approximate surface area is 161 Å². The minimum atomic E-state index is 0.582. The molecule has 0 unspecified atom stereocenters. The SMILES string of the molecule is CCc1nncn1CCNC(=NCCOC)N(C)Cc1ccccc1OC. The molecule has 148 valence electrons. The lowest BCUT2D eigenvalue weighted by Crippen LogP contribution is -2.40. The Morgan fingerprint density at radius 1 is 1.30 bits per heavy atom. The lowest BCUT2D eigenvalue weighted by atomic mass is 10.2. The summed E-state index contributed by atoms with van der Waals surface area (Å²) in [6, 6.07) is 8.02. The first-order chi connectivity index (χ1) is 13.2. The molecule has 2 aromatic rings. The first-order valence-corrected chi connectivity index (χ1v) is 9.16. The molecule has 0 saturated carbocycles. The molecule has 0 fully saturated rings. The van der Waals surface area contributed by atoms with Crippen LogP contribution in [0.1, 0.15) is 18.3 Å². The number of ether oxygens (including phenoxy) is 2. The molecule has 1 aromatic carbocycles. The predicted octanol–water partition coefficient (Wildman–Crippen LogP) is 1.57. The maximum atomic E-state index is 5.46. The molecule has 2 rings (SSSR count). The molecule has 0 atom stereocenters. The van der Waals surface area contributed by atoms with Crippen molar-refractivity contribution in [3.63, 3.8) is 0 Å². The van der Waals surface area contributed by atoms with Crippen molar-refractivity contribution in [3.05, 3.63) is 42.0 Å². The van der Waals surface area contributed by atoms with Crippen LogP contribution in [-0.2, 0) is 24.2 Å². The minimum absolute atomic E-state index is 0.582. The van der Waals surface area contributed by atoms with E-state index in [9.17, 15) is 0 Å². The summed E-state index contributed by atoms with van der Waals surface area (Å²) in [7, 11) is 5.38. The van der Waals surface area contributed by atoms with Crippen LogP contribution in [0.2, 0.25) is 0 Å². The second kappa shape index (κ2) is 11.2. The molecule has 0 aliphatic carbocycles. The van der Waals surface area contributed by atoms with Crippen LogP contribution in [0.15, 0.2) is 35.6 Å². The second-order valence-electron chi connectivity index (χ2n) is 6.09. The van der Waals surface area contributed by atoms with Crippen LogP contribution in [0.25, 0.3) is 0 Å². The Morgan fingerprint density at radius 3 is 2.85 bits per heavy atom. The molecule has 8 heteroatoms. The second-order valence-corrected chi connectivity index (χ2v) is 6.09. The number of aliphatic imine (C=N–C) groups is 1. The summed E-state index contributed by atoms with van der Waals surface area (Å²) in [5.41, 5.74) is 1.11. The van der Waals surface area contributed by atoms with E-state index < -0.39 is 0 Å². The summed E-state index contributed by atoms with van der Waals surface area (Å²) in [5, 5.41) is 11.5. The lowest BCUT2D eigenvalue weighted by Gasteiger charge is -2.23. The third-order valence-corrected chi connectivity index (χ3v) is 4.17. The fraction of sp³-hybridized carbons (Fsp3) is 0.526. The van der Waals surface area contributed by atoms with Gasteiger partial charge in [0.2, 0.25) is 0 Å². The molecule has 0 spiro atoms. The zero-order valence-corrected chi connectivity index (χ0v) is 16.7. The van der Waals surface area contributed by atoms with E-state index >= 15 is 0 Å². The van der Waals surface area contributed by atoms with Crippen molar-refractivity contribution in [1.82, 2.24) is 25.0 Å². The fourth-order valence-corrected chi connectivity index (χ4v) is 2.75. The number of aromatic nitrogens is 3. The van der Waals surface area contributed by atoms with Gasteiger partial charge >= 0.3 is 0 Å². The third kappa shape index (κ3) is 6.25. The number of para-hydroxylation sites is 1. The van der Waals surface area contributed by atoms with Gasteiger partial charge in [0.25, 0.3) is 0 Å². The number of rotatable bonds is 10. The number of nitrogens with zero attached hydrogens (tertiary/aromatic N) is 5. The van der Waals surface area contributed by atoms with Gasteiger partial charge in [0.1, 0.15) is 17.9 Å². The summed E-state index contributed by atoms with van der Waals surface area (Å²) < 4.78 is 12.6. The van der Waals surface area contributed by atoms with E-state index in [0.29, 0.717) is 19.7 Å². The number of benzene rings is 1. The van der Waals surface area contributed by atoms with Crippen molar-refractivity contribution in [3.8, 4) is 5.75 Å². The van der Waals surface area contributed by atoms with Crippen molar-refractivity contribution in [1.29, 1.82) is 0 Å². The largest absolute Gasteiger partial charge is 0.496 e. The number of guanidine groups is 1. The van der Waals surface area contributed by atoms with Crippen molar-refractivity contribution < 1.29 is 9.47 Å². The molecule has 0 aliphatic rings. The van der Waals surface area contributed by atoms with E-state index in [-0.39, 0.29) is 0 Å². The van der Waals surface area contributed by atoms with Crippen molar-refractivity contribution in [2.45, 2.75) is 26.4 Å². The molecule has 0 aliphatic heterocycles. The van der Waals surface area contributed by atoms with Gasteiger partial charge in [-0.05, 0) is 6.07 Å². The first kappa shape index (κ1) is 20.7. The van der Waals surface area contributed by atoms with Gasteiger partial charge in [0.05, 0.1) is 20.3 Å². The predicted molar refractivity (Wildman–Crippen MR) is 106 cm³/mol. The summed E-state index contributed by atoms with van der Waals surface area (Å²) in [6.45, 7) is 5.46. The molecule has 0 radical (unpaired) electrons. The van der Waals surface area contributed by atoms with Crippen LogP contribution in [0, 0.1) is 0 Å². The minimum Gasteiger partial charge on any atom is -0.496 e. The van der Waals surface area contributed by atoms with E-state index in [1.165, 1.54) is 0 Å². The van der Waals surface area contributed by atoms with E-state index in [2.05, 4.69) is 43.0 Å². The summed E-state index contributed by atoms with van der Waals surface area (Å²) in [6.07, 6.45) is 2.63. The van der Waals surface area contributed by atoms with E-state index in [0.717, 1.165) is 42.6 Å². The summed E-state index contributed by atoms with van der Waals surface area (Å²) in [4.78, 5) is 6.74. The Kier molecular flexibility index (Phi) is 8.57. The highest BCUT2D eigenvalue weighted by Gasteiger charge is 2.10. The van der Waals surface area contributed by atoms with Crippen LogP contribution >= 0.6 is 0 Å². The third-order valence-electron chi connectivity index (χ3n) is 4.17. The molecular formula is C19H30N6O2. The molecule has 0 saturated heterocycles. The van der Waals surface area contributed by atoms with E-state index in [1.54, 1.807) is 20.5 Å². The van der Waals surface area contributed by atoms with Crippen LogP contribution < -0.4 is 10.1 Å². The van der Waals surface area contributed by atoms with Crippen LogP contribution in [-0.4, -0.2) is 66.6 Å². The molecule has 1 aromatic heterocycles. The number of aryl methyl sites for hydroxylation is 1. The van der Waals surface area contributed by atoms with Gasteiger partial charge in [-0.1, -0.05) is 25.1 Å². The van der Waals surface area contributed by atoms with Gasteiger partial charge < -0.3 is 24.3 Å². The van der Waals surface area contributed by atoms with Crippen molar-refractivity contribution >= 4 is 5.96 Å². The average Bonchev–Trinajstić information content (AvgIpc) is 3.14. The Morgan fingerprint density at radius 2 is 2.11 bits per heavy atom. The fourth-order valence-electron chi connectivity index (χ4n) is 2.75. The highest BCUT2D eigenvalue weighted by atomic mass is 16.5. The number of hydrogen-bond donors (Lipinski definition) is 1. The standard InChI is InChI=1S/C19H30N6O2/c1-5-18-23-22-15-25(18)12-10-20-19(21-11-13-26-3)24(2)14-16-8-6-7-9-17(16)27-4/h6-9,15H,5,10-14H2,1-4H3,(H,20,21). The van der Waals surface area contributed by atoms with Crippen LogP contribution in [0.4, 0.5) is 0 Å².